The van der Waals surface area contributed by atoms with Crippen LogP contribution in [0.3, 0.4) is 0 Å². The monoisotopic (exact) mass is 392 g/mol. The van der Waals surface area contributed by atoms with Gasteiger partial charge in [-0.3, -0.25) is 9.59 Å². The van der Waals surface area contributed by atoms with Crippen LogP contribution in [0.15, 0.2) is 46.3 Å². The average Bonchev–Trinajstić information content (AvgIpc) is 3.08. The lowest BCUT2D eigenvalue weighted by Crippen LogP contribution is -2.51. The van der Waals surface area contributed by atoms with Crippen LogP contribution in [0.2, 0.25) is 0 Å². The Balaban J connectivity index is 1.57. The Bertz CT molecular complexity index is 694. The fourth-order valence-electron chi connectivity index (χ4n) is 2.64. The van der Waals surface area contributed by atoms with Crippen molar-refractivity contribution in [3.8, 4) is 0 Å². The van der Waals surface area contributed by atoms with Crippen molar-refractivity contribution in [2.45, 2.75) is 6.42 Å². The highest BCUT2D eigenvalue weighted by atomic mass is 79.9. The Morgan fingerprint density at radius 3 is 2.35 bits per heavy atom. The fourth-order valence-corrected chi connectivity index (χ4v) is 3.79. The molecule has 2 heterocycles. The molecule has 120 valence electrons. The van der Waals surface area contributed by atoms with E-state index in [1.165, 1.54) is 0 Å². The number of piperazine rings is 1. The molecular formula is C17H17BrN2O2S. The van der Waals surface area contributed by atoms with E-state index in [4.69, 9.17) is 0 Å². The molecule has 1 saturated heterocycles. The van der Waals surface area contributed by atoms with Crippen LogP contribution < -0.4 is 0 Å². The summed E-state index contributed by atoms with van der Waals surface area (Å²) in [5, 5.41) is 1.98. The topological polar surface area (TPSA) is 40.6 Å². The van der Waals surface area contributed by atoms with E-state index >= 15 is 0 Å². The fraction of sp³-hybridized carbons (Fsp3) is 0.294. The first-order chi connectivity index (χ1) is 11.1. The van der Waals surface area contributed by atoms with Crippen molar-refractivity contribution in [1.29, 1.82) is 0 Å². The Hall–Kier alpha value is -1.66. The molecule has 1 aromatic heterocycles. The van der Waals surface area contributed by atoms with Gasteiger partial charge in [-0.1, -0.05) is 18.2 Å². The predicted molar refractivity (Wildman–Crippen MR) is 94.6 cm³/mol. The number of benzene rings is 1. The second kappa shape index (κ2) is 7.27. The van der Waals surface area contributed by atoms with Gasteiger partial charge in [0, 0.05) is 35.5 Å². The third-order valence-electron chi connectivity index (χ3n) is 3.93. The van der Waals surface area contributed by atoms with Crippen LogP contribution in [0.25, 0.3) is 0 Å². The number of amides is 2. The zero-order valence-corrected chi connectivity index (χ0v) is 15.0. The molecule has 0 spiro atoms. The summed E-state index contributed by atoms with van der Waals surface area (Å²) in [6, 6.07) is 11.4. The van der Waals surface area contributed by atoms with Gasteiger partial charge in [0.1, 0.15) is 0 Å². The van der Waals surface area contributed by atoms with Gasteiger partial charge in [-0.15, -0.1) is 11.3 Å². The lowest BCUT2D eigenvalue weighted by atomic mass is 10.1. The minimum atomic E-state index is 0.0165. The molecule has 6 heteroatoms. The van der Waals surface area contributed by atoms with Crippen LogP contribution in [0, 0.1) is 0 Å². The third-order valence-corrected chi connectivity index (χ3v) is 5.50. The van der Waals surface area contributed by atoms with E-state index in [1.54, 1.807) is 11.3 Å². The molecule has 1 aromatic carbocycles. The first-order valence-electron chi connectivity index (χ1n) is 7.49. The summed E-state index contributed by atoms with van der Waals surface area (Å²) >= 11 is 5.02. The molecule has 23 heavy (non-hydrogen) atoms. The molecule has 0 saturated carbocycles. The Labute approximate surface area is 147 Å². The molecule has 0 N–H and O–H groups in total. The molecule has 0 bridgehead atoms. The summed E-state index contributed by atoms with van der Waals surface area (Å²) in [5.74, 6) is 0.156. The number of nitrogens with zero attached hydrogens (tertiary/aromatic N) is 2. The van der Waals surface area contributed by atoms with Crippen molar-refractivity contribution >= 4 is 39.1 Å². The van der Waals surface area contributed by atoms with E-state index in [2.05, 4.69) is 15.9 Å². The number of thiophene rings is 1. The SMILES string of the molecule is O=C(Cc1cccs1)N1CCN(C(=O)c2ccccc2Br)CC1. The highest BCUT2D eigenvalue weighted by molar-refractivity contribution is 9.10. The van der Waals surface area contributed by atoms with E-state index in [-0.39, 0.29) is 11.8 Å². The maximum atomic E-state index is 12.5. The summed E-state index contributed by atoms with van der Waals surface area (Å²) < 4.78 is 0.807. The number of rotatable bonds is 3. The Morgan fingerprint density at radius 1 is 1.00 bits per heavy atom. The molecular weight excluding hydrogens is 376 g/mol. The van der Waals surface area contributed by atoms with E-state index < -0.39 is 0 Å². The van der Waals surface area contributed by atoms with E-state index in [0.29, 0.717) is 38.2 Å². The third kappa shape index (κ3) is 3.82. The van der Waals surface area contributed by atoms with Gasteiger partial charge in [0.05, 0.1) is 12.0 Å². The van der Waals surface area contributed by atoms with Crippen molar-refractivity contribution < 1.29 is 9.59 Å². The summed E-state index contributed by atoms with van der Waals surface area (Å²) in [7, 11) is 0. The minimum absolute atomic E-state index is 0.0165. The number of hydrogen-bond donors (Lipinski definition) is 0. The van der Waals surface area contributed by atoms with Crippen LogP contribution >= 0.6 is 27.3 Å². The summed E-state index contributed by atoms with van der Waals surface area (Å²) in [5.41, 5.74) is 0.672. The van der Waals surface area contributed by atoms with Crippen molar-refractivity contribution in [3.63, 3.8) is 0 Å². The summed E-state index contributed by atoms with van der Waals surface area (Å²) in [6.07, 6.45) is 0.454. The molecule has 2 amide bonds. The van der Waals surface area contributed by atoms with Crippen LogP contribution in [0.1, 0.15) is 15.2 Å². The van der Waals surface area contributed by atoms with Crippen LogP contribution in [-0.2, 0) is 11.2 Å². The summed E-state index contributed by atoms with van der Waals surface area (Å²) in [6.45, 7) is 2.35. The normalized spacial score (nSPS) is 14.8. The molecule has 0 unspecified atom stereocenters. The van der Waals surface area contributed by atoms with E-state index in [1.807, 2.05) is 51.6 Å². The van der Waals surface area contributed by atoms with Crippen LogP contribution in [0.4, 0.5) is 0 Å². The number of carbonyl (C=O) groups excluding carboxylic acids is 2. The van der Waals surface area contributed by atoms with E-state index in [0.717, 1.165) is 9.35 Å². The van der Waals surface area contributed by atoms with Gasteiger partial charge >= 0.3 is 0 Å². The molecule has 0 radical (unpaired) electrons. The largest absolute Gasteiger partial charge is 0.339 e. The standard InChI is InChI=1S/C17H17BrN2O2S/c18-15-6-2-1-5-14(15)17(22)20-9-7-19(8-10-20)16(21)12-13-4-3-11-23-13/h1-6,11H,7-10,12H2. The molecule has 3 rings (SSSR count). The van der Waals surface area contributed by atoms with Crippen molar-refractivity contribution in [2.75, 3.05) is 26.2 Å². The van der Waals surface area contributed by atoms with E-state index in [9.17, 15) is 9.59 Å². The van der Waals surface area contributed by atoms with Crippen LogP contribution in [0.5, 0.6) is 0 Å². The van der Waals surface area contributed by atoms with Crippen LogP contribution in [-0.4, -0.2) is 47.8 Å². The van der Waals surface area contributed by atoms with Crippen molar-refractivity contribution in [2.24, 2.45) is 0 Å². The predicted octanol–water partition coefficient (Wildman–Crippen LogP) is 3.04. The summed E-state index contributed by atoms with van der Waals surface area (Å²) in [4.78, 5) is 29.6. The number of halogens is 1. The van der Waals surface area contributed by atoms with Gasteiger partial charge in [0.2, 0.25) is 5.91 Å². The molecule has 4 nitrogen and oxygen atoms in total. The van der Waals surface area contributed by atoms with Gasteiger partial charge in [-0.2, -0.15) is 0 Å². The Morgan fingerprint density at radius 2 is 1.70 bits per heavy atom. The first kappa shape index (κ1) is 16.2. The lowest BCUT2D eigenvalue weighted by molar-refractivity contribution is -0.131. The smallest absolute Gasteiger partial charge is 0.255 e. The lowest BCUT2D eigenvalue weighted by Gasteiger charge is -2.35. The molecule has 1 aliphatic rings. The number of carbonyl (C=O) groups is 2. The van der Waals surface area contributed by atoms with Gasteiger partial charge < -0.3 is 9.80 Å². The molecule has 1 fully saturated rings. The van der Waals surface area contributed by atoms with Crippen molar-refractivity contribution in [3.05, 3.63) is 56.7 Å². The molecule has 0 aliphatic carbocycles. The van der Waals surface area contributed by atoms with Gasteiger partial charge in [-0.25, -0.2) is 0 Å². The first-order valence-corrected chi connectivity index (χ1v) is 9.16. The highest BCUT2D eigenvalue weighted by Crippen LogP contribution is 2.19. The molecule has 2 aromatic rings. The maximum Gasteiger partial charge on any atom is 0.255 e. The average molecular weight is 393 g/mol. The quantitative estimate of drug-likeness (QED) is 0.805. The van der Waals surface area contributed by atoms with Gasteiger partial charge in [0.25, 0.3) is 5.91 Å². The molecule has 0 atom stereocenters. The van der Waals surface area contributed by atoms with Gasteiger partial charge in [0.15, 0.2) is 0 Å². The molecule has 1 aliphatic heterocycles. The Kier molecular flexibility index (Phi) is 5.13. The zero-order valence-electron chi connectivity index (χ0n) is 12.6. The highest BCUT2D eigenvalue weighted by Gasteiger charge is 2.25. The van der Waals surface area contributed by atoms with Crippen molar-refractivity contribution in [1.82, 2.24) is 9.80 Å². The van der Waals surface area contributed by atoms with Gasteiger partial charge in [-0.05, 0) is 39.5 Å². The second-order valence-electron chi connectivity index (χ2n) is 5.41. The zero-order chi connectivity index (χ0) is 16.2. The number of hydrogen-bond acceptors (Lipinski definition) is 3. The minimum Gasteiger partial charge on any atom is -0.339 e. The maximum absolute atomic E-state index is 12.5. The second-order valence-corrected chi connectivity index (χ2v) is 7.30.